The largest absolute Gasteiger partial charge is 0.508 e. The van der Waals surface area contributed by atoms with Crippen LogP contribution in [0.25, 0.3) is 0 Å². The lowest BCUT2D eigenvalue weighted by Crippen LogP contribution is -2.49. The van der Waals surface area contributed by atoms with Crippen LogP contribution in [-0.4, -0.2) is 72.3 Å². The number of hydrogen-bond acceptors (Lipinski definition) is 5. The molecule has 0 bridgehead atoms. The molecule has 0 saturated carbocycles. The number of phenols is 1. The van der Waals surface area contributed by atoms with E-state index in [1.807, 2.05) is 12.1 Å². The number of ether oxygens (including phenoxy) is 1. The SMILES string of the molecule is O=C(NC[C@H]1CCCO1)C1CCN(C2CCN(Cc3cccc(O)c3)CC2)CC1. The first-order chi connectivity index (χ1) is 14.2. The standard InChI is InChI=1S/C23H35N3O3/c27-21-4-1-3-18(15-21)17-25-10-8-20(9-11-25)26-12-6-19(7-13-26)23(28)24-16-22-5-2-14-29-22/h1,3-4,15,19-20,22,27H,2,5-14,16-17H2,(H,24,28)/t22-/m1/s1. The van der Waals surface area contributed by atoms with E-state index in [0.717, 1.165) is 65.0 Å². The van der Waals surface area contributed by atoms with Crippen molar-refractivity contribution in [2.75, 3.05) is 39.3 Å². The second-order valence-corrected chi connectivity index (χ2v) is 8.87. The first-order valence-electron chi connectivity index (χ1n) is 11.3. The summed E-state index contributed by atoms with van der Waals surface area (Å²) in [5, 5.41) is 12.8. The number of nitrogens with one attached hydrogen (secondary N) is 1. The molecule has 0 aliphatic carbocycles. The van der Waals surface area contributed by atoms with Gasteiger partial charge in [0.15, 0.2) is 0 Å². The lowest BCUT2D eigenvalue weighted by atomic mass is 9.92. The Labute approximate surface area is 174 Å². The van der Waals surface area contributed by atoms with Crippen molar-refractivity contribution in [2.24, 2.45) is 5.92 Å². The van der Waals surface area contributed by atoms with Crippen LogP contribution in [0.5, 0.6) is 5.75 Å². The molecule has 0 radical (unpaired) electrons. The van der Waals surface area contributed by atoms with Gasteiger partial charge < -0.3 is 20.1 Å². The molecule has 3 aliphatic heterocycles. The predicted octanol–water partition coefficient (Wildman–Crippen LogP) is 2.36. The lowest BCUT2D eigenvalue weighted by molar-refractivity contribution is -0.127. The van der Waals surface area contributed by atoms with E-state index in [-0.39, 0.29) is 17.9 Å². The van der Waals surface area contributed by atoms with Crippen molar-refractivity contribution in [3.63, 3.8) is 0 Å². The molecular weight excluding hydrogens is 366 g/mol. The van der Waals surface area contributed by atoms with Crippen molar-refractivity contribution in [1.82, 2.24) is 15.1 Å². The Hall–Kier alpha value is -1.63. The summed E-state index contributed by atoms with van der Waals surface area (Å²) in [5.41, 5.74) is 1.18. The number of benzene rings is 1. The minimum absolute atomic E-state index is 0.165. The van der Waals surface area contributed by atoms with Crippen LogP contribution in [0, 0.1) is 5.92 Å². The highest BCUT2D eigenvalue weighted by Gasteiger charge is 2.31. The number of aromatic hydroxyl groups is 1. The summed E-state index contributed by atoms with van der Waals surface area (Å²) in [6.45, 7) is 6.70. The van der Waals surface area contributed by atoms with Crippen molar-refractivity contribution in [3.8, 4) is 5.75 Å². The summed E-state index contributed by atoms with van der Waals surface area (Å²) in [5.74, 6) is 0.736. The fraction of sp³-hybridized carbons (Fsp3) is 0.696. The number of piperidine rings is 2. The quantitative estimate of drug-likeness (QED) is 0.766. The normalized spacial score (nSPS) is 25.3. The predicted molar refractivity (Wildman–Crippen MR) is 113 cm³/mol. The Morgan fingerprint density at radius 1 is 1.10 bits per heavy atom. The summed E-state index contributed by atoms with van der Waals surface area (Å²) in [6, 6.07) is 8.23. The van der Waals surface area contributed by atoms with Crippen molar-refractivity contribution >= 4 is 5.91 Å². The monoisotopic (exact) mass is 401 g/mol. The van der Waals surface area contributed by atoms with Crippen molar-refractivity contribution in [2.45, 2.75) is 57.2 Å². The number of rotatable bonds is 6. The van der Waals surface area contributed by atoms with Crippen molar-refractivity contribution < 1.29 is 14.6 Å². The van der Waals surface area contributed by atoms with Gasteiger partial charge in [-0.1, -0.05) is 12.1 Å². The van der Waals surface area contributed by atoms with Gasteiger partial charge in [0.2, 0.25) is 5.91 Å². The van der Waals surface area contributed by atoms with Gasteiger partial charge in [-0.3, -0.25) is 9.69 Å². The molecule has 1 aromatic rings. The van der Waals surface area contributed by atoms with E-state index < -0.39 is 0 Å². The summed E-state index contributed by atoms with van der Waals surface area (Å²) in [6.07, 6.45) is 6.74. The Balaban J connectivity index is 1.15. The molecule has 0 aromatic heterocycles. The van der Waals surface area contributed by atoms with Gasteiger partial charge in [0.1, 0.15) is 5.75 Å². The molecule has 160 valence electrons. The number of amides is 1. The van der Waals surface area contributed by atoms with Gasteiger partial charge in [0.25, 0.3) is 0 Å². The lowest BCUT2D eigenvalue weighted by Gasteiger charge is -2.41. The van der Waals surface area contributed by atoms with Crippen LogP contribution in [0.3, 0.4) is 0 Å². The van der Waals surface area contributed by atoms with Gasteiger partial charge >= 0.3 is 0 Å². The van der Waals surface area contributed by atoms with Gasteiger partial charge in [-0.25, -0.2) is 0 Å². The van der Waals surface area contributed by atoms with Crippen molar-refractivity contribution in [3.05, 3.63) is 29.8 Å². The summed E-state index contributed by atoms with van der Waals surface area (Å²) in [7, 11) is 0. The first-order valence-corrected chi connectivity index (χ1v) is 11.3. The molecule has 1 atom stereocenters. The minimum atomic E-state index is 0.165. The van der Waals surface area contributed by atoms with Gasteiger partial charge in [-0.05, 0) is 82.4 Å². The molecule has 4 rings (SSSR count). The zero-order valence-electron chi connectivity index (χ0n) is 17.4. The topological polar surface area (TPSA) is 65.0 Å². The van der Waals surface area contributed by atoms with Gasteiger partial charge in [-0.15, -0.1) is 0 Å². The molecule has 3 heterocycles. The van der Waals surface area contributed by atoms with Gasteiger partial charge in [0, 0.05) is 31.7 Å². The van der Waals surface area contributed by atoms with Crippen LogP contribution in [0.1, 0.15) is 44.1 Å². The van der Waals surface area contributed by atoms with Crippen LogP contribution in [0.4, 0.5) is 0 Å². The van der Waals surface area contributed by atoms with Crippen molar-refractivity contribution in [1.29, 1.82) is 0 Å². The molecule has 3 saturated heterocycles. The minimum Gasteiger partial charge on any atom is -0.508 e. The molecule has 29 heavy (non-hydrogen) atoms. The zero-order chi connectivity index (χ0) is 20.1. The van der Waals surface area contributed by atoms with E-state index in [1.165, 1.54) is 18.4 Å². The fourth-order valence-corrected chi connectivity index (χ4v) is 5.05. The maximum atomic E-state index is 12.5. The fourth-order valence-electron chi connectivity index (χ4n) is 5.05. The third-order valence-corrected chi connectivity index (χ3v) is 6.82. The molecule has 3 fully saturated rings. The molecule has 2 N–H and O–H groups in total. The number of carbonyl (C=O) groups excluding carboxylic acids is 1. The molecule has 0 spiro atoms. The Morgan fingerprint density at radius 2 is 1.90 bits per heavy atom. The summed E-state index contributed by atoms with van der Waals surface area (Å²) < 4.78 is 5.60. The van der Waals surface area contributed by atoms with Gasteiger partial charge in [-0.2, -0.15) is 0 Å². The number of likely N-dealkylation sites (tertiary alicyclic amines) is 2. The van der Waals surface area contributed by atoms with Crippen LogP contribution in [0.15, 0.2) is 24.3 Å². The third kappa shape index (κ3) is 5.71. The highest BCUT2D eigenvalue weighted by molar-refractivity contribution is 5.78. The smallest absolute Gasteiger partial charge is 0.223 e. The Bertz CT molecular complexity index is 661. The highest BCUT2D eigenvalue weighted by Crippen LogP contribution is 2.25. The van der Waals surface area contributed by atoms with E-state index in [9.17, 15) is 9.90 Å². The Morgan fingerprint density at radius 3 is 2.59 bits per heavy atom. The van der Waals surface area contributed by atoms with E-state index in [0.29, 0.717) is 18.3 Å². The average Bonchev–Trinajstić information content (AvgIpc) is 3.26. The molecule has 3 aliphatic rings. The maximum Gasteiger partial charge on any atom is 0.223 e. The molecule has 1 aromatic carbocycles. The van der Waals surface area contributed by atoms with E-state index in [1.54, 1.807) is 6.07 Å². The number of hydrogen-bond donors (Lipinski definition) is 2. The molecule has 1 amide bonds. The van der Waals surface area contributed by atoms with Crippen LogP contribution < -0.4 is 5.32 Å². The molecule has 0 unspecified atom stereocenters. The average molecular weight is 402 g/mol. The summed E-state index contributed by atoms with van der Waals surface area (Å²) in [4.78, 5) is 17.6. The van der Waals surface area contributed by atoms with Crippen LogP contribution in [-0.2, 0) is 16.1 Å². The Kier molecular flexibility index (Phi) is 7.06. The van der Waals surface area contributed by atoms with E-state index in [4.69, 9.17) is 4.74 Å². The first kappa shape index (κ1) is 20.6. The number of carbonyl (C=O) groups is 1. The summed E-state index contributed by atoms with van der Waals surface area (Å²) >= 11 is 0. The third-order valence-electron chi connectivity index (χ3n) is 6.82. The second kappa shape index (κ2) is 9.92. The number of nitrogens with zero attached hydrogens (tertiary/aromatic N) is 2. The molecule has 6 nitrogen and oxygen atoms in total. The van der Waals surface area contributed by atoms with E-state index >= 15 is 0 Å². The van der Waals surface area contributed by atoms with Crippen LogP contribution in [0.2, 0.25) is 0 Å². The number of phenolic OH excluding ortho intramolecular Hbond substituents is 1. The molecule has 6 heteroatoms. The second-order valence-electron chi connectivity index (χ2n) is 8.87. The van der Waals surface area contributed by atoms with E-state index in [2.05, 4.69) is 21.2 Å². The van der Waals surface area contributed by atoms with Crippen LogP contribution >= 0.6 is 0 Å². The van der Waals surface area contributed by atoms with Gasteiger partial charge in [0.05, 0.1) is 6.10 Å². The maximum absolute atomic E-state index is 12.5. The highest BCUT2D eigenvalue weighted by atomic mass is 16.5. The zero-order valence-corrected chi connectivity index (χ0v) is 17.4. The molecular formula is C23H35N3O3.